The first-order valence-corrected chi connectivity index (χ1v) is 11.6. The predicted molar refractivity (Wildman–Crippen MR) is 132 cm³/mol. The Labute approximate surface area is 202 Å². The molecule has 0 spiro atoms. The third-order valence-electron chi connectivity index (χ3n) is 4.91. The van der Waals surface area contributed by atoms with E-state index in [0.717, 1.165) is 16.8 Å². The second-order valence-corrected chi connectivity index (χ2v) is 8.41. The van der Waals surface area contributed by atoms with Crippen molar-refractivity contribution >= 4 is 27.5 Å². The van der Waals surface area contributed by atoms with Crippen LogP contribution in [0.15, 0.2) is 65.1 Å². The van der Waals surface area contributed by atoms with Crippen LogP contribution in [0, 0.1) is 12.7 Å². The van der Waals surface area contributed by atoms with E-state index in [0.29, 0.717) is 47.7 Å². The summed E-state index contributed by atoms with van der Waals surface area (Å²) < 4.78 is 26.0. The van der Waals surface area contributed by atoms with Crippen LogP contribution in [0.2, 0.25) is 0 Å². The van der Waals surface area contributed by atoms with Gasteiger partial charge in [0.1, 0.15) is 5.82 Å². The summed E-state index contributed by atoms with van der Waals surface area (Å²) in [6.07, 6.45) is 0.601. The molecule has 0 saturated heterocycles. The van der Waals surface area contributed by atoms with E-state index >= 15 is 0 Å². The van der Waals surface area contributed by atoms with Crippen molar-refractivity contribution in [2.75, 3.05) is 25.1 Å². The van der Waals surface area contributed by atoms with E-state index in [9.17, 15) is 9.18 Å². The average Bonchev–Trinajstić information content (AvgIpc) is 2.79. The molecule has 0 aromatic heterocycles. The van der Waals surface area contributed by atoms with Crippen LogP contribution in [0.1, 0.15) is 23.6 Å². The number of rotatable bonds is 11. The van der Waals surface area contributed by atoms with Crippen molar-refractivity contribution in [3.05, 3.63) is 87.6 Å². The fourth-order valence-electron chi connectivity index (χ4n) is 3.26. The van der Waals surface area contributed by atoms with Gasteiger partial charge in [-0.3, -0.25) is 4.79 Å². The molecular weight excluding hydrogens is 487 g/mol. The number of hydrogen-bond acceptors (Lipinski definition) is 4. The minimum atomic E-state index is -0.257. The first kappa shape index (κ1) is 24.7. The number of anilines is 1. The Morgan fingerprint density at radius 1 is 1.06 bits per heavy atom. The molecule has 0 radical (unpaired) electrons. The van der Waals surface area contributed by atoms with E-state index in [2.05, 4.69) is 26.6 Å². The summed E-state index contributed by atoms with van der Waals surface area (Å²) in [6.45, 7) is 5.42. The Kier molecular flexibility index (Phi) is 9.27. The highest BCUT2D eigenvalue weighted by molar-refractivity contribution is 9.10. The van der Waals surface area contributed by atoms with Crippen molar-refractivity contribution in [2.24, 2.45) is 0 Å². The highest BCUT2D eigenvalue weighted by Gasteiger charge is 2.14. The maximum atomic E-state index is 13.7. The Hall–Kier alpha value is -2.90. The molecule has 3 aromatic carbocycles. The van der Waals surface area contributed by atoms with Gasteiger partial charge >= 0.3 is 0 Å². The summed E-state index contributed by atoms with van der Waals surface area (Å²) in [4.78, 5) is 12.3. The lowest BCUT2D eigenvalue weighted by molar-refractivity contribution is -0.118. The van der Waals surface area contributed by atoms with Crippen LogP contribution in [0.5, 0.6) is 11.5 Å². The van der Waals surface area contributed by atoms with Crippen LogP contribution in [0.25, 0.3) is 0 Å². The fraction of sp³-hybridized carbons (Fsp3) is 0.269. The zero-order valence-corrected chi connectivity index (χ0v) is 20.4. The monoisotopic (exact) mass is 514 g/mol. The van der Waals surface area contributed by atoms with Gasteiger partial charge in [-0.05, 0) is 84.2 Å². The van der Waals surface area contributed by atoms with Gasteiger partial charge in [-0.1, -0.05) is 35.9 Å². The number of aryl methyl sites for hydroxylation is 1. The zero-order chi connectivity index (χ0) is 23.6. The summed E-state index contributed by atoms with van der Waals surface area (Å²) in [5.41, 5.74) is 3.51. The zero-order valence-electron chi connectivity index (χ0n) is 18.8. The van der Waals surface area contributed by atoms with Gasteiger partial charge in [0, 0.05) is 12.2 Å². The fourth-order valence-corrected chi connectivity index (χ4v) is 3.86. The van der Waals surface area contributed by atoms with Gasteiger partial charge in [0.05, 0.1) is 11.1 Å². The van der Waals surface area contributed by atoms with Crippen molar-refractivity contribution in [3.63, 3.8) is 0 Å². The molecule has 0 unspecified atom stereocenters. The van der Waals surface area contributed by atoms with Crippen molar-refractivity contribution in [1.29, 1.82) is 0 Å². The summed E-state index contributed by atoms with van der Waals surface area (Å²) in [5, 5.41) is 6.14. The summed E-state index contributed by atoms with van der Waals surface area (Å²) in [5.74, 6) is 0.590. The van der Waals surface area contributed by atoms with Gasteiger partial charge in [-0.15, -0.1) is 0 Å². The van der Waals surface area contributed by atoms with E-state index in [4.69, 9.17) is 9.47 Å². The number of amides is 1. The lowest BCUT2D eigenvalue weighted by atomic mass is 10.1. The molecule has 0 aliphatic heterocycles. The van der Waals surface area contributed by atoms with E-state index in [-0.39, 0.29) is 18.3 Å². The van der Waals surface area contributed by atoms with Crippen molar-refractivity contribution in [2.45, 2.75) is 26.8 Å². The van der Waals surface area contributed by atoms with Crippen LogP contribution < -0.4 is 20.1 Å². The van der Waals surface area contributed by atoms with E-state index in [1.165, 1.54) is 6.07 Å². The average molecular weight is 515 g/mol. The van der Waals surface area contributed by atoms with Crippen LogP contribution >= 0.6 is 15.9 Å². The van der Waals surface area contributed by atoms with Crippen LogP contribution in [0.3, 0.4) is 0 Å². The Balaban J connectivity index is 1.57. The van der Waals surface area contributed by atoms with E-state index in [1.54, 1.807) is 12.1 Å². The van der Waals surface area contributed by atoms with Gasteiger partial charge in [-0.2, -0.15) is 0 Å². The van der Waals surface area contributed by atoms with E-state index in [1.807, 2.05) is 56.3 Å². The number of ether oxygens (including phenoxy) is 2. The first-order valence-electron chi connectivity index (χ1n) is 10.8. The number of halogens is 2. The quantitative estimate of drug-likeness (QED) is 0.325. The molecule has 33 heavy (non-hydrogen) atoms. The number of benzene rings is 3. The number of hydrogen-bond donors (Lipinski definition) is 2. The molecule has 3 rings (SSSR count). The first-order chi connectivity index (χ1) is 16.0. The molecule has 2 N–H and O–H groups in total. The highest BCUT2D eigenvalue weighted by Crippen LogP contribution is 2.37. The molecule has 0 heterocycles. The molecule has 0 bridgehead atoms. The van der Waals surface area contributed by atoms with E-state index < -0.39 is 0 Å². The van der Waals surface area contributed by atoms with Crippen LogP contribution in [-0.2, 0) is 17.8 Å². The standard InChI is InChI=1S/C26H28BrFN2O3/c1-3-32-24-15-19(16-29-13-12-20-6-4-5-7-23(20)28)14-22(27)26(24)33-17-25(31)30-21-10-8-18(2)9-11-21/h4-11,14-15,29H,3,12-13,16-17H2,1-2H3,(H,30,31). The summed E-state index contributed by atoms with van der Waals surface area (Å²) >= 11 is 3.53. The predicted octanol–water partition coefficient (Wildman–Crippen LogP) is 5.65. The molecule has 0 aliphatic rings. The lowest BCUT2D eigenvalue weighted by Crippen LogP contribution is -2.20. The van der Waals surface area contributed by atoms with Crippen LogP contribution in [0.4, 0.5) is 10.1 Å². The normalized spacial score (nSPS) is 10.7. The smallest absolute Gasteiger partial charge is 0.262 e. The molecule has 174 valence electrons. The summed E-state index contributed by atoms with van der Waals surface area (Å²) in [6, 6.07) is 18.2. The Bertz CT molecular complexity index is 1070. The van der Waals surface area contributed by atoms with Gasteiger partial charge in [0.2, 0.25) is 0 Å². The topological polar surface area (TPSA) is 59.6 Å². The highest BCUT2D eigenvalue weighted by atomic mass is 79.9. The number of carbonyl (C=O) groups excluding carboxylic acids is 1. The minimum absolute atomic E-state index is 0.146. The molecule has 5 nitrogen and oxygen atoms in total. The third kappa shape index (κ3) is 7.58. The summed E-state index contributed by atoms with van der Waals surface area (Å²) in [7, 11) is 0. The molecular formula is C26H28BrFN2O3. The largest absolute Gasteiger partial charge is 0.490 e. The van der Waals surface area contributed by atoms with Crippen molar-refractivity contribution in [1.82, 2.24) is 5.32 Å². The van der Waals surface area contributed by atoms with Crippen LogP contribution in [-0.4, -0.2) is 25.7 Å². The third-order valence-corrected chi connectivity index (χ3v) is 5.50. The molecule has 0 atom stereocenters. The van der Waals surface area contributed by atoms with Gasteiger partial charge in [0.25, 0.3) is 5.91 Å². The molecule has 0 aliphatic carbocycles. The molecule has 7 heteroatoms. The van der Waals surface area contributed by atoms with Crippen molar-refractivity contribution in [3.8, 4) is 11.5 Å². The molecule has 3 aromatic rings. The second-order valence-electron chi connectivity index (χ2n) is 7.56. The Morgan fingerprint density at radius 3 is 2.55 bits per heavy atom. The van der Waals surface area contributed by atoms with Gasteiger partial charge in [-0.25, -0.2) is 4.39 Å². The number of carbonyl (C=O) groups is 1. The molecule has 0 saturated carbocycles. The number of nitrogens with one attached hydrogen (secondary N) is 2. The molecule has 1 amide bonds. The second kappa shape index (κ2) is 12.4. The lowest BCUT2D eigenvalue weighted by Gasteiger charge is -2.16. The Morgan fingerprint density at radius 2 is 1.82 bits per heavy atom. The van der Waals surface area contributed by atoms with Crippen molar-refractivity contribution < 1.29 is 18.7 Å². The van der Waals surface area contributed by atoms with Gasteiger partial charge in [0.15, 0.2) is 18.1 Å². The van der Waals surface area contributed by atoms with Gasteiger partial charge < -0.3 is 20.1 Å². The minimum Gasteiger partial charge on any atom is -0.490 e. The maximum Gasteiger partial charge on any atom is 0.262 e. The molecule has 0 fully saturated rings. The maximum absolute atomic E-state index is 13.7. The SMILES string of the molecule is CCOc1cc(CNCCc2ccccc2F)cc(Br)c1OCC(=O)Nc1ccc(C)cc1.